The fourth-order valence-corrected chi connectivity index (χ4v) is 1.48. The molecule has 1 aromatic heterocycles. The second-order valence-corrected chi connectivity index (χ2v) is 3.67. The summed E-state index contributed by atoms with van der Waals surface area (Å²) in [7, 11) is 0. The van der Waals surface area contributed by atoms with Crippen molar-refractivity contribution in [1.29, 1.82) is 0 Å². The Kier molecular flexibility index (Phi) is 3.75. The first-order valence-electron chi connectivity index (χ1n) is 5.48. The maximum atomic E-state index is 10.8. The zero-order chi connectivity index (χ0) is 14.5. The summed E-state index contributed by atoms with van der Waals surface area (Å²) in [5.41, 5.74) is 4.74. The number of para-hydroxylation sites is 1. The molecule has 2 aromatic rings. The molecule has 0 aliphatic heterocycles. The van der Waals surface area contributed by atoms with Gasteiger partial charge in [-0.2, -0.15) is 0 Å². The van der Waals surface area contributed by atoms with E-state index in [0.717, 1.165) is 0 Å². The first-order chi connectivity index (χ1) is 9.61. The average molecular weight is 274 g/mol. The van der Waals surface area contributed by atoms with E-state index >= 15 is 0 Å². The number of nitrogens with zero attached hydrogens (tertiary/aromatic N) is 3. The fraction of sp³-hybridized carbons (Fsp3) is 0. The van der Waals surface area contributed by atoms with Crippen molar-refractivity contribution >= 4 is 11.5 Å². The van der Waals surface area contributed by atoms with Crippen LogP contribution in [0, 0.1) is 10.1 Å². The van der Waals surface area contributed by atoms with Crippen molar-refractivity contribution in [2.24, 2.45) is 10.9 Å². The van der Waals surface area contributed by atoms with Gasteiger partial charge in [-0.3, -0.25) is 10.1 Å². The predicted molar refractivity (Wildman–Crippen MR) is 69.9 cm³/mol. The molecule has 0 radical (unpaired) electrons. The van der Waals surface area contributed by atoms with E-state index in [1.165, 1.54) is 12.1 Å². The molecule has 0 saturated heterocycles. The largest absolute Gasteiger partial charge is 0.439 e. The van der Waals surface area contributed by atoms with E-state index in [2.05, 4.69) is 10.1 Å². The van der Waals surface area contributed by atoms with Crippen LogP contribution in [-0.2, 0) is 0 Å². The molecule has 1 heterocycles. The Bertz CT molecular complexity index is 658. The maximum absolute atomic E-state index is 10.8. The number of oxime groups is 1. The second kappa shape index (κ2) is 5.65. The van der Waals surface area contributed by atoms with Crippen LogP contribution in [0.5, 0.6) is 11.6 Å². The topological polar surface area (TPSA) is 124 Å². The van der Waals surface area contributed by atoms with Gasteiger partial charge in [0.25, 0.3) is 5.69 Å². The maximum Gasteiger partial charge on any atom is 0.299 e. The summed E-state index contributed by atoms with van der Waals surface area (Å²) in [5.74, 6) is 0.151. The SMILES string of the molecule is N/C(=N/O)c1nc(Oc2ccccc2)ccc1[N+](=O)[O-]. The minimum Gasteiger partial charge on any atom is -0.439 e. The molecular formula is C12H10N4O4. The number of nitro groups is 1. The van der Waals surface area contributed by atoms with Crippen molar-refractivity contribution in [3.8, 4) is 11.6 Å². The molecule has 0 amide bonds. The molecular weight excluding hydrogens is 264 g/mol. The summed E-state index contributed by atoms with van der Waals surface area (Å²) in [6, 6.07) is 11.3. The smallest absolute Gasteiger partial charge is 0.299 e. The summed E-state index contributed by atoms with van der Waals surface area (Å²) in [6.45, 7) is 0. The van der Waals surface area contributed by atoms with Gasteiger partial charge in [-0.15, -0.1) is 0 Å². The van der Waals surface area contributed by atoms with E-state index in [0.29, 0.717) is 5.75 Å². The number of ether oxygens (including phenoxy) is 1. The third-order valence-corrected chi connectivity index (χ3v) is 2.36. The zero-order valence-corrected chi connectivity index (χ0v) is 10.1. The van der Waals surface area contributed by atoms with Crippen molar-refractivity contribution in [2.45, 2.75) is 0 Å². The monoisotopic (exact) mass is 274 g/mol. The van der Waals surface area contributed by atoms with Gasteiger partial charge < -0.3 is 15.7 Å². The van der Waals surface area contributed by atoms with Gasteiger partial charge >= 0.3 is 0 Å². The summed E-state index contributed by atoms with van der Waals surface area (Å²) in [6.07, 6.45) is 0. The van der Waals surface area contributed by atoms with E-state index in [1.54, 1.807) is 24.3 Å². The Morgan fingerprint density at radius 2 is 2.00 bits per heavy atom. The lowest BCUT2D eigenvalue weighted by Gasteiger charge is -2.06. The van der Waals surface area contributed by atoms with Gasteiger partial charge in [0, 0.05) is 12.1 Å². The Morgan fingerprint density at radius 3 is 2.60 bits per heavy atom. The van der Waals surface area contributed by atoms with Crippen LogP contribution >= 0.6 is 0 Å². The van der Waals surface area contributed by atoms with Gasteiger partial charge in [-0.25, -0.2) is 4.98 Å². The number of hydrogen-bond donors (Lipinski definition) is 2. The molecule has 8 nitrogen and oxygen atoms in total. The first-order valence-corrected chi connectivity index (χ1v) is 5.48. The third kappa shape index (κ3) is 2.80. The standard InChI is InChI=1S/C12H10N4O4/c13-12(15-17)11-9(16(18)19)6-7-10(14-11)20-8-4-2-1-3-5-8/h1-7,17H,(H2,13,15). The molecule has 3 N–H and O–H groups in total. The Morgan fingerprint density at radius 1 is 1.30 bits per heavy atom. The zero-order valence-electron chi connectivity index (χ0n) is 10.1. The first kappa shape index (κ1) is 13.3. The van der Waals surface area contributed by atoms with E-state index in [1.807, 2.05) is 6.07 Å². The van der Waals surface area contributed by atoms with Crippen LogP contribution in [0.25, 0.3) is 0 Å². The minimum absolute atomic E-state index is 0.100. The average Bonchev–Trinajstić information content (AvgIpc) is 2.47. The molecule has 1 aromatic carbocycles. The lowest BCUT2D eigenvalue weighted by Crippen LogP contribution is -2.17. The quantitative estimate of drug-likeness (QED) is 0.288. The van der Waals surface area contributed by atoms with Gasteiger partial charge in [-0.05, 0) is 12.1 Å². The van der Waals surface area contributed by atoms with Crippen LogP contribution in [-0.4, -0.2) is 21.0 Å². The van der Waals surface area contributed by atoms with Gasteiger partial charge in [0.2, 0.25) is 5.88 Å². The molecule has 0 spiro atoms. The van der Waals surface area contributed by atoms with Crippen LogP contribution in [0.2, 0.25) is 0 Å². The molecule has 0 saturated carbocycles. The minimum atomic E-state index is -0.674. The third-order valence-electron chi connectivity index (χ3n) is 2.36. The van der Waals surface area contributed by atoms with Crippen LogP contribution in [0.4, 0.5) is 5.69 Å². The number of amidine groups is 1. The van der Waals surface area contributed by atoms with E-state index < -0.39 is 10.8 Å². The number of aromatic nitrogens is 1. The van der Waals surface area contributed by atoms with Crippen molar-refractivity contribution in [1.82, 2.24) is 4.98 Å². The summed E-state index contributed by atoms with van der Waals surface area (Å²) in [5, 5.41) is 22.2. The molecule has 0 fully saturated rings. The normalized spacial score (nSPS) is 11.1. The summed E-state index contributed by atoms with van der Waals surface area (Å²) in [4.78, 5) is 14.1. The molecule has 0 bridgehead atoms. The lowest BCUT2D eigenvalue weighted by atomic mass is 10.3. The van der Waals surface area contributed by atoms with Crippen molar-refractivity contribution < 1.29 is 14.9 Å². The van der Waals surface area contributed by atoms with Crippen molar-refractivity contribution in [3.05, 3.63) is 58.3 Å². The summed E-state index contributed by atoms with van der Waals surface area (Å²) >= 11 is 0. The number of hydrogen-bond acceptors (Lipinski definition) is 6. The fourth-order valence-electron chi connectivity index (χ4n) is 1.48. The van der Waals surface area contributed by atoms with Crippen molar-refractivity contribution in [3.63, 3.8) is 0 Å². The molecule has 8 heteroatoms. The van der Waals surface area contributed by atoms with Crippen molar-refractivity contribution in [2.75, 3.05) is 0 Å². The number of rotatable bonds is 4. The number of benzene rings is 1. The van der Waals surface area contributed by atoms with Gasteiger partial charge in [-0.1, -0.05) is 23.4 Å². The molecule has 0 unspecified atom stereocenters. The van der Waals surface area contributed by atoms with E-state index in [-0.39, 0.29) is 17.3 Å². The molecule has 20 heavy (non-hydrogen) atoms. The van der Waals surface area contributed by atoms with Crippen LogP contribution in [0.15, 0.2) is 47.6 Å². The number of pyridine rings is 1. The van der Waals surface area contributed by atoms with Gasteiger partial charge in [0.15, 0.2) is 11.5 Å². The molecule has 0 aliphatic rings. The highest BCUT2D eigenvalue weighted by atomic mass is 16.6. The van der Waals surface area contributed by atoms with Crippen LogP contribution in [0.3, 0.4) is 0 Å². The van der Waals surface area contributed by atoms with E-state index in [9.17, 15) is 10.1 Å². The highest BCUT2D eigenvalue weighted by molar-refractivity contribution is 5.98. The Labute approximate surface area is 113 Å². The van der Waals surface area contributed by atoms with E-state index in [4.69, 9.17) is 15.7 Å². The molecule has 0 aliphatic carbocycles. The Balaban J connectivity index is 2.40. The highest BCUT2D eigenvalue weighted by Gasteiger charge is 2.20. The molecule has 102 valence electrons. The van der Waals surface area contributed by atoms with Crippen LogP contribution in [0.1, 0.15) is 5.69 Å². The molecule has 0 atom stereocenters. The Hall–Kier alpha value is -3.16. The van der Waals surface area contributed by atoms with Gasteiger partial charge in [0.1, 0.15) is 5.75 Å². The lowest BCUT2D eigenvalue weighted by molar-refractivity contribution is -0.385. The number of nitrogens with two attached hydrogens (primary N) is 1. The molecule has 2 rings (SSSR count). The van der Waals surface area contributed by atoms with Gasteiger partial charge in [0.05, 0.1) is 4.92 Å². The summed E-state index contributed by atoms with van der Waals surface area (Å²) < 4.78 is 5.42. The second-order valence-electron chi connectivity index (χ2n) is 3.67. The highest BCUT2D eigenvalue weighted by Crippen LogP contribution is 2.24. The predicted octanol–water partition coefficient (Wildman–Crippen LogP) is 1.88. The van der Waals surface area contributed by atoms with Crippen LogP contribution < -0.4 is 10.5 Å².